The van der Waals surface area contributed by atoms with Crippen molar-refractivity contribution in [3.05, 3.63) is 85.3 Å². The van der Waals surface area contributed by atoms with Crippen LogP contribution < -0.4 is 31.0 Å². The van der Waals surface area contributed by atoms with Crippen molar-refractivity contribution in [3.63, 3.8) is 0 Å². The molecule has 3 fully saturated rings. The van der Waals surface area contributed by atoms with Crippen LogP contribution in [0.3, 0.4) is 0 Å². The molecule has 0 unspecified atom stereocenters. The molecular formula is C48H51N3O6. The molecule has 9 heteroatoms. The van der Waals surface area contributed by atoms with Gasteiger partial charge in [0.25, 0.3) is 0 Å². The van der Waals surface area contributed by atoms with E-state index in [4.69, 9.17) is 14.2 Å². The molecule has 3 saturated heterocycles. The molecule has 0 bridgehead atoms. The Balaban J connectivity index is 1.22. The number of ether oxygens (including phenoxy) is 3. The summed E-state index contributed by atoms with van der Waals surface area (Å²) in [5.74, 6) is 0. The molecule has 7 aromatic carbocycles. The lowest BCUT2D eigenvalue weighted by Gasteiger charge is -2.19. The molecule has 0 aliphatic carbocycles. The minimum atomic E-state index is -0.129. The van der Waals surface area contributed by atoms with Gasteiger partial charge in [-0.25, -0.2) is 0 Å². The third kappa shape index (κ3) is 5.87. The van der Waals surface area contributed by atoms with E-state index in [2.05, 4.69) is 53.7 Å². The van der Waals surface area contributed by atoms with Crippen LogP contribution >= 0.6 is 0 Å². The predicted molar refractivity (Wildman–Crippen MR) is 234 cm³/mol. The zero-order valence-electron chi connectivity index (χ0n) is 33.3. The third-order valence-corrected chi connectivity index (χ3v) is 12.9. The highest BCUT2D eigenvalue weighted by atomic mass is 16.5. The van der Waals surface area contributed by atoms with Gasteiger partial charge in [-0.3, -0.25) is 14.4 Å². The van der Waals surface area contributed by atoms with Gasteiger partial charge in [-0.15, -0.1) is 0 Å². The maximum Gasteiger partial charge on any atom is 0.194 e. The minimum absolute atomic E-state index is 0.129. The first-order chi connectivity index (χ1) is 27.9. The highest BCUT2D eigenvalue weighted by Gasteiger charge is 2.31. The van der Waals surface area contributed by atoms with E-state index in [0.29, 0.717) is 48.5 Å². The smallest absolute Gasteiger partial charge is 0.194 e. The van der Waals surface area contributed by atoms with Gasteiger partial charge in [0, 0.05) is 125 Å². The predicted octanol–water partition coefficient (Wildman–Crippen LogP) is 8.02. The first-order valence-electron chi connectivity index (χ1n) is 21.3. The van der Waals surface area contributed by atoms with E-state index in [1.807, 2.05) is 36.4 Å². The van der Waals surface area contributed by atoms with Gasteiger partial charge < -0.3 is 28.9 Å². The molecule has 3 aliphatic heterocycles. The average Bonchev–Trinajstić information content (AvgIpc) is 4.10. The van der Waals surface area contributed by atoms with Crippen molar-refractivity contribution in [2.45, 2.75) is 77.6 Å². The van der Waals surface area contributed by atoms with Crippen LogP contribution in [-0.2, 0) is 14.2 Å². The largest absolute Gasteiger partial charge is 0.376 e. The Morgan fingerprint density at radius 2 is 0.737 bits per heavy atom. The third-order valence-electron chi connectivity index (χ3n) is 12.9. The molecule has 3 heterocycles. The van der Waals surface area contributed by atoms with E-state index in [0.717, 1.165) is 131 Å². The second-order valence-corrected chi connectivity index (χ2v) is 16.6. The molecule has 57 heavy (non-hydrogen) atoms. The van der Waals surface area contributed by atoms with Gasteiger partial charge in [0.15, 0.2) is 16.3 Å². The monoisotopic (exact) mass is 765 g/mol. The number of anilines is 3. The van der Waals surface area contributed by atoms with Crippen molar-refractivity contribution in [2.75, 3.05) is 73.8 Å². The van der Waals surface area contributed by atoms with Crippen molar-refractivity contribution >= 4 is 81.7 Å². The fourth-order valence-corrected chi connectivity index (χ4v) is 10.2. The van der Waals surface area contributed by atoms with Gasteiger partial charge in [0.05, 0.1) is 18.3 Å². The summed E-state index contributed by atoms with van der Waals surface area (Å²) in [6.07, 6.45) is 6.25. The maximum absolute atomic E-state index is 14.9. The van der Waals surface area contributed by atoms with E-state index in [-0.39, 0.29) is 34.6 Å². The summed E-state index contributed by atoms with van der Waals surface area (Å²) in [7, 11) is 0. The van der Waals surface area contributed by atoms with Crippen LogP contribution in [0.5, 0.6) is 0 Å². The summed E-state index contributed by atoms with van der Waals surface area (Å²) in [6, 6.07) is 18.2. The first-order valence-corrected chi connectivity index (χ1v) is 21.3. The van der Waals surface area contributed by atoms with Gasteiger partial charge in [-0.2, -0.15) is 0 Å². The molecule has 3 atom stereocenters. The Kier molecular flexibility index (Phi) is 9.30. The topological polar surface area (TPSA) is 88.6 Å². The molecule has 10 rings (SSSR count). The van der Waals surface area contributed by atoms with Crippen LogP contribution in [-0.4, -0.2) is 77.4 Å². The van der Waals surface area contributed by atoms with Crippen molar-refractivity contribution in [1.29, 1.82) is 0 Å². The van der Waals surface area contributed by atoms with Gasteiger partial charge >= 0.3 is 0 Å². The van der Waals surface area contributed by atoms with Crippen LogP contribution in [0.4, 0.5) is 17.1 Å². The number of benzene rings is 4. The van der Waals surface area contributed by atoms with Crippen LogP contribution in [0, 0.1) is 0 Å². The zero-order valence-corrected chi connectivity index (χ0v) is 33.3. The van der Waals surface area contributed by atoms with E-state index in [1.165, 1.54) is 0 Å². The van der Waals surface area contributed by atoms with E-state index < -0.39 is 0 Å². The lowest BCUT2D eigenvalue weighted by Crippen LogP contribution is -2.23. The van der Waals surface area contributed by atoms with Crippen LogP contribution in [0.1, 0.15) is 59.3 Å². The summed E-state index contributed by atoms with van der Waals surface area (Å²) in [4.78, 5) is 51.6. The van der Waals surface area contributed by atoms with Crippen LogP contribution in [0.2, 0.25) is 0 Å². The van der Waals surface area contributed by atoms with Gasteiger partial charge in [0.1, 0.15) is 0 Å². The quantitative estimate of drug-likeness (QED) is 0.123. The van der Waals surface area contributed by atoms with Gasteiger partial charge in [-0.05, 0) is 109 Å². The highest BCUT2D eigenvalue weighted by molar-refractivity contribution is 6.43. The number of fused-ring (bicyclic) bond motifs is 12. The van der Waals surface area contributed by atoms with Crippen LogP contribution in [0.15, 0.2) is 69.0 Å². The molecule has 9 nitrogen and oxygen atoms in total. The molecule has 294 valence electrons. The second-order valence-electron chi connectivity index (χ2n) is 16.6. The highest BCUT2D eigenvalue weighted by Crippen LogP contribution is 2.45. The summed E-state index contributed by atoms with van der Waals surface area (Å²) >= 11 is 0. The summed E-state index contributed by atoms with van der Waals surface area (Å²) < 4.78 is 18.4. The standard InChI is InChI=1S/C48H51N3O6/c1-4-19-55-31-13-16-49(25-31)28-7-10-34-37(22-28)40-43(46(34)52)41-39-24-30(51-18-15-33(27-51)57-21-6-3)9-12-36(39)48(54)45(41)42-38-23-29(8-11-35(38)47(53)44(40)42)50-17-14-32(26-50)56-20-5-2/h7-12,22-24,31-33H,4-6,13-21,25-27H2,1-3H3/t31-,32-,33-/m1/s1. The lowest BCUT2D eigenvalue weighted by atomic mass is 9.99. The fraction of sp³-hybridized carbons (Fsp3) is 0.438. The summed E-state index contributed by atoms with van der Waals surface area (Å²) in [5, 5.41) is 7.49. The second kappa shape index (κ2) is 14.5. The molecule has 0 amide bonds. The van der Waals surface area contributed by atoms with Crippen molar-refractivity contribution < 1.29 is 14.2 Å². The Bertz CT molecular complexity index is 2490. The number of hydrogen-bond donors (Lipinski definition) is 0. The summed E-state index contributed by atoms with van der Waals surface area (Å²) in [5.41, 5.74) is 2.65. The molecule has 0 aromatic heterocycles. The van der Waals surface area contributed by atoms with E-state index in [9.17, 15) is 14.4 Å². The van der Waals surface area contributed by atoms with Crippen molar-refractivity contribution in [2.24, 2.45) is 0 Å². The average molecular weight is 766 g/mol. The molecule has 0 spiro atoms. The number of rotatable bonds is 12. The Morgan fingerprint density at radius 1 is 0.439 bits per heavy atom. The fourth-order valence-electron chi connectivity index (χ4n) is 10.2. The molecular weight excluding hydrogens is 715 g/mol. The SMILES string of the molecule is CCCO[C@@H]1CCN(c2ccc3c(=O)c4c(c3c2)c2c(=O)c3ccc(N5CC[C@@H](OCCC)C5)cc3c2c2c(=O)c3ccc(N5CC[C@@H](OCCC)C5)cc3c42)C1. The Morgan fingerprint density at radius 3 is 1.02 bits per heavy atom. The Hall–Kier alpha value is -4.83. The molecule has 3 aliphatic rings. The number of nitrogens with zero attached hydrogens (tertiary/aromatic N) is 3. The minimum Gasteiger partial charge on any atom is -0.376 e. The lowest BCUT2D eigenvalue weighted by molar-refractivity contribution is 0.0686. The van der Waals surface area contributed by atoms with E-state index in [1.54, 1.807) is 0 Å². The zero-order chi connectivity index (χ0) is 38.9. The van der Waals surface area contributed by atoms with Crippen LogP contribution in [0.25, 0.3) is 64.6 Å². The Labute approximate surface area is 331 Å². The molecule has 7 aromatic rings. The summed E-state index contributed by atoms with van der Waals surface area (Å²) in [6.45, 7) is 13.5. The first kappa shape index (κ1) is 36.5. The van der Waals surface area contributed by atoms with Crippen molar-refractivity contribution in [1.82, 2.24) is 0 Å². The van der Waals surface area contributed by atoms with E-state index >= 15 is 0 Å². The van der Waals surface area contributed by atoms with Crippen molar-refractivity contribution in [3.8, 4) is 0 Å². The number of hydrogen-bond acceptors (Lipinski definition) is 9. The normalized spacial score (nSPS) is 20.5. The van der Waals surface area contributed by atoms with Gasteiger partial charge in [0.2, 0.25) is 0 Å². The molecule has 0 radical (unpaired) electrons. The molecule has 0 saturated carbocycles. The van der Waals surface area contributed by atoms with Gasteiger partial charge in [-0.1, -0.05) is 20.8 Å². The maximum atomic E-state index is 14.9. The molecule has 0 N–H and O–H groups in total.